The summed E-state index contributed by atoms with van der Waals surface area (Å²) in [6.07, 6.45) is -5.66. The summed E-state index contributed by atoms with van der Waals surface area (Å²) in [4.78, 5) is 28.3. The van der Waals surface area contributed by atoms with Gasteiger partial charge in [-0.15, -0.1) is 13.2 Å². The van der Waals surface area contributed by atoms with Crippen molar-refractivity contribution < 1.29 is 37.0 Å². The highest BCUT2D eigenvalue weighted by molar-refractivity contribution is 5.87. The van der Waals surface area contributed by atoms with Crippen LogP contribution in [0.1, 0.15) is 20.8 Å². The van der Waals surface area contributed by atoms with E-state index in [1.807, 2.05) is 4.90 Å². The number of halogens is 3. The van der Waals surface area contributed by atoms with Crippen LogP contribution in [0.5, 0.6) is 5.75 Å². The maximum Gasteiger partial charge on any atom is 0.573 e. The maximum atomic E-state index is 12.8. The number of amides is 1. The molecule has 1 aromatic carbocycles. The predicted molar refractivity (Wildman–Crippen MR) is 96.1 cm³/mol. The minimum absolute atomic E-state index is 0.196. The van der Waals surface area contributed by atoms with E-state index in [0.29, 0.717) is 26.2 Å². The minimum Gasteiger partial charge on any atom is -0.432 e. The zero-order valence-corrected chi connectivity index (χ0v) is 16.4. The normalized spacial score (nSPS) is 23.0. The number of benzene rings is 1. The SMILES string of the molecule is C[C@H](C(=O)N1CCN(c2ccc(OC(F)(F)F)cc2)CC1)[C@@H]1OC(C)(C)OC1=O. The molecule has 7 nitrogen and oxygen atoms in total. The Morgan fingerprint density at radius 2 is 1.76 bits per heavy atom. The Morgan fingerprint density at radius 3 is 2.24 bits per heavy atom. The zero-order chi connectivity index (χ0) is 21.4. The molecule has 2 saturated heterocycles. The van der Waals surface area contributed by atoms with E-state index < -0.39 is 30.1 Å². The molecule has 0 radical (unpaired) electrons. The molecule has 10 heteroatoms. The van der Waals surface area contributed by atoms with Crippen molar-refractivity contribution in [2.45, 2.75) is 39.0 Å². The van der Waals surface area contributed by atoms with Crippen LogP contribution in [0.3, 0.4) is 0 Å². The van der Waals surface area contributed by atoms with Gasteiger partial charge in [-0.3, -0.25) is 4.79 Å². The number of piperazine rings is 1. The summed E-state index contributed by atoms with van der Waals surface area (Å²) < 4.78 is 51.3. The van der Waals surface area contributed by atoms with Crippen LogP contribution in [0.2, 0.25) is 0 Å². The summed E-state index contributed by atoms with van der Waals surface area (Å²) in [6, 6.07) is 5.61. The summed E-state index contributed by atoms with van der Waals surface area (Å²) in [5.41, 5.74) is 0.740. The van der Waals surface area contributed by atoms with E-state index >= 15 is 0 Å². The van der Waals surface area contributed by atoms with Gasteiger partial charge in [-0.1, -0.05) is 6.92 Å². The largest absolute Gasteiger partial charge is 0.573 e. The summed E-state index contributed by atoms with van der Waals surface area (Å²) in [5.74, 6) is -2.74. The Bertz CT molecular complexity index is 758. The fourth-order valence-electron chi connectivity index (χ4n) is 3.45. The van der Waals surface area contributed by atoms with Gasteiger partial charge in [0.2, 0.25) is 11.7 Å². The molecule has 0 bridgehead atoms. The van der Waals surface area contributed by atoms with Crippen molar-refractivity contribution >= 4 is 17.6 Å². The second kappa shape index (κ2) is 7.74. The lowest BCUT2D eigenvalue weighted by Crippen LogP contribution is -2.52. The summed E-state index contributed by atoms with van der Waals surface area (Å²) in [7, 11) is 0. The molecule has 1 aromatic rings. The number of nitrogens with zero attached hydrogens (tertiary/aromatic N) is 2. The van der Waals surface area contributed by atoms with Crippen molar-refractivity contribution in [3.63, 3.8) is 0 Å². The number of anilines is 1. The number of hydrogen-bond donors (Lipinski definition) is 0. The van der Waals surface area contributed by atoms with Gasteiger partial charge in [-0.25, -0.2) is 4.79 Å². The molecule has 3 rings (SSSR count). The van der Waals surface area contributed by atoms with Crippen LogP contribution in [0.25, 0.3) is 0 Å². The third kappa shape index (κ3) is 5.11. The highest BCUT2D eigenvalue weighted by Crippen LogP contribution is 2.30. The molecule has 29 heavy (non-hydrogen) atoms. The highest BCUT2D eigenvalue weighted by atomic mass is 19.4. The third-order valence-electron chi connectivity index (χ3n) is 4.86. The first kappa shape index (κ1) is 21.2. The van der Waals surface area contributed by atoms with E-state index in [1.165, 1.54) is 12.1 Å². The second-order valence-corrected chi connectivity index (χ2v) is 7.50. The van der Waals surface area contributed by atoms with Crippen LogP contribution in [0.15, 0.2) is 24.3 Å². The molecule has 0 spiro atoms. The molecule has 2 aliphatic rings. The fraction of sp³-hybridized carbons (Fsp3) is 0.579. The van der Waals surface area contributed by atoms with Gasteiger partial charge in [0, 0.05) is 45.7 Å². The number of alkyl halides is 3. The van der Waals surface area contributed by atoms with Crippen LogP contribution >= 0.6 is 0 Å². The number of carbonyl (C=O) groups is 2. The van der Waals surface area contributed by atoms with Crippen LogP contribution < -0.4 is 9.64 Å². The van der Waals surface area contributed by atoms with Gasteiger partial charge >= 0.3 is 12.3 Å². The van der Waals surface area contributed by atoms with Crippen molar-refractivity contribution in [1.29, 1.82) is 0 Å². The van der Waals surface area contributed by atoms with E-state index in [4.69, 9.17) is 9.47 Å². The quantitative estimate of drug-likeness (QED) is 0.703. The van der Waals surface area contributed by atoms with Crippen LogP contribution in [-0.2, 0) is 19.1 Å². The molecule has 0 N–H and O–H groups in total. The monoisotopic (exact) mass is 416 g/mol. The lowest BCUT2D eigenvalue weighted by Gasteiger charge is -2.37. The Morgan fingerprint density at radius 1 is 1.17 bits per heavy atom. The van der Waals surface area contributed by atoms with E-state index in [2.05, 4.69) is 4.74 Å². The van der Waals surface area contributed by atoms with Gasteiger partial charge < -0.3 is 24.0 Å². The second-order valence-electron chi connectivity index (χ2n) is 7.50. The fourth-order valence-corrected chi connectivity index (χ4v) is 3.45. The topological polar surface area (TPSA) is 68.3 Å². The van der Waals surface area contributed by atoms with Gasteiger partial charge in [0.25, 0.3) is 0 Å². The van der Waals surface area contributed by atoms with E-state index in [-0.39, 0.29) is 11.7 Å². The van der Waals surface area contributed by atoms with Crippen molar-refractivity contribution in [1.82, 2.24) is 4.90 Å². The first-order valence-corrected chi connectivity index (χ1v) is 9.25. The van der Waals surface area contributed by atoms with Crippen molar-refractivity contribution in [2.75, 3.05) is 31.1 Å². The molecule has 2 aliphatic heterocycles. The number of rotatable bonds is 4. The standard InChI is InChI=1S/C19H23F3N2O5/c1-12(15-17(26)29-18(2,3)28-15)16(25)24-10-8-23(9-11-24)13-4-6-14(7-5-13)27-19(20,21)22/h4-7,12,15H,8-11H2,1-3H3/t12-,15-/m0/s1. The summed E-state index contributed by atoms with van der Waals surface area (Å²) in [6.45, 7) is 6.75. The number of esters is 1. The first-order chi connectivity index (χ1) is 13.5. The minimum atomic E-state index is -4.73. The number of cyclic esters (lactones) is 1. The molecule has 2 heterocycles. The van der Waals surface area contributed by atoms with Gasteiger partial charge in [0.05, 0.1) is 5.92 Å². The summed E-state index contributed by atoms with van der Waals surface area (Å²) >= 11 is 0. The Labute approximate surface area is 166 Å². The van der Waals surface area contributed by atoms with E-state index in [9.17, 15) is 22.8 Å². The Kier molecular flexibility index (Phi) is 5.66. The maximum absolute atomic E-state index is 12.8. The van der Waals surface area contributed by atoms with Gasteiger partial charge in [-0.2, -0.15) is 0 Å². The van der Waals surface area contributed by atoms with Gasteiger partial charge in [-0.05, 0) is 24.3 Å². The van der Waals surface area contributed by atoms with Crippen LogP contribution in [-0.4, -0.2) is 61.2 Å². The van der Waals surface area contributed by atoms with Crippen LogP contribution in [0, 0.1) is 5.92 Å². The van der Waals surface area contributed by atoms with E-state index in [0.717, 1.165) is 5.69 Å². The molecule has 160 valence electrons. The predicted octanol–water partition coefficient (Wildman–Crippen LogP) is 2.55. The molecule has 0 aromatic heterocycles. The van der Waals surface area contributed by atoms with Gasteiger partial charge in [0.15, 0.2) is 6.10 Å². The molecule has 0 aliphatic carbocycles. The number of hydrogen-bond acceptors (Lipinski definition) is 6. The number of carbonyl (C=O) groups excluding carboxylic acids is 2. The van der Waals surface area contributed by atoms with E-state index in [1.54, 1.807) is 37.8 Å². The average molecular weight is 416 g/mol. The average Bonchev–Trinajstić information content (AvgIpc) is 2.92. The van der Waals surface area contributed by atoms with Crippen LogP contribution in [0.4, 0.5) is 18.9 Å². The van der Waals surface area contributed by atoms with Crippen molar-refractivity contribution in [2.24, 2.45) is 5.92 Å². The number of ether oxygens (including phenoxy) is 3. The molecule has 1 amide bonds. The van der Waals surface area contributed by atoms with Crippen molar-refractivity contribution in [3.05, 3.63) is 24.3 Å². The van der Waals surface area contributed by atoms with Crippen molar-refractivity contribution in [3.8, 4) is 5.75 Å². The Hall–Kier alpha value is -2.49. The molecule has 0 saturated carbocycles. The third-order valence-corrected chi connectivity index (χ3v) is 4.86. The molecular formula is C19H23F3N2O5. The first-order valence-electron chi connectivity index (χ1n) is 9.25. The molecule has 2 atom stereocenters. The molecular weight excluding hydrogens is 393 g/mol. The molecule has 2 fully saturated rings. The zero-order valence-electron chi connectivity index (χ0n) is 16.4. The highest BCUT2D eigenvalue weighted by Gasteiger charge is 2.46. The Balaban J connectivity index is 1.55. The smallest absolute Gasteiger partial charge is 0.432 e. The molecule has 0 unspecified atom stereocenters. The lowest BCUT2D eigenvalue weighted by molar-refractivity contribution is -0.274. The van der Waals surface area contributed by atoms with Gasteiger partial charge in [0.1, 0.15) is 5.75 Å². The lowest BCUT2D eigenvalue weighted by atomic mass is 10.0. The summed E-state index contributed by atoms with van der Waals surface area (Å²) in [5, 5.41) is 0.